The minimum absolute atomic E-state index is 0.305. The molecular formula is C10H20N2O2S. The van der Waals surface area contributed by atoms with Gasteiger partial charge in [0.1, 0.15) is 5.25 Å². The van der Waals surface area contributed by atoms with Crippen LogP contribution in [-0.2, 0) is 10.0 Å². The van der Waals surface area contributed by atoms with Gasteiger partial charge >= 0.3 is 0 Å². The normalized spacial score (nSPS) is 26.5. The van der Waals surface area contributed by atoms with Crippen LogP contribution in [0.4, 0.5) is 0 Å². The number of hydrogen-bond donors (Lipinski definition) is 1. The fourth-order valence-electron chi connectivity index (χ4n) is 2.61. The molecule has 0 radical (unpaired) electrons. The first-order valence-corrected chi connectivity index (χ1v) is 7.40. The molecule has 5 heteroatoms. The van der Waals surface area contributed by atoms with Crippen LogP contribution in [0.15, 0.2) is 0 Å². The number of nitrogens with zero attached hydrogens (tertiary/aromatic N) is 1. The summed E-state index contributed by atoms with van der Waals surface area (Å²) in [5.74, 6) is 0.792. The summed E-state index contributed by atoms with van der Waals surface area (Å²) < 4.78 is 22.0. The zero-order valence-corrected chi connectivity index (χ0v) is 9.88. The molecule has 2 fully saturated rings. The molecule has 2 N–H and O–H groups in total. The van der Waals surface area contributed by atoms with E-state index in [1.54, 1.807) is 0 Å². The van der Waals surface area contributed by atoms with Gasteiger partial charge in [0.2, 0.25) is 10.0 Å². The molecule has 2 rings (SSSR count). The smallest absolute Gasteiger partial charge is 0.214 e. The lowest BCUT2D eigenvalue weighted by molar-refractivity contribution is 0.139. The van der Waals surface area contributed by atoms with Crippen LogP contribution in [0.25, 0.3) is 0 Å². The van der Waals surface area contributed by atoms with E-state index in [1.165, 1.54) is 32.1 Å². The van der Waals surface area contributed by atoms with Crippen LogP contribution in [0.5, 0.6) is 0 Å². The van der Waals surface area contributed by atoms with Crippen LogP contribution in [0, 0.1) is 5.92 Å². The van der Waals surface area contributed by atoms with E-state index in [-0.39, 0.29) is 5.25 Å². The SMILES string of the molecule is NS(=O)(=O)C1CN(CC2CCCCC2)C1. The third kappa shape index (κ3) is 2.92. The highest BCUT2D eigenvalue weighted by molar-refractivity contribution is 7.89. The Morgan fingerprint density at radius 3 is 2.27 bits per heavy atom. The Bertz CT molecular complexity index is 303. The molecular weight excluding hydrogens is 212 g/mol. The van der Waals surface area contributed by atoms with Crippen LogP contribution in [0.3, 0.4) is 0 Å². The lowest BCUT2D eigenvalue weighted by Crippen LogP contribution is -2.57. The van der Waals surface area contributed by atoms with Crippen molar-refractivity contribution in [3.63, 3.8) is 0 Å². The Kier molecular flexibility index (Phi) is 3.33. The van der Waals surface area contributed by atoms with Crippen LogP contribution in [-0.4, -0.2) is 38.2 Å². The number of likely N-dealkylation sites (tertiary alicyclic amines) is 1. The summed E-state index contributed by atoms with van der Waals surface area (Å²) in [6.07, 6.45) is 6.69. The standard InChI is InChI=1S/C10H20N2O2S/c11-15(13,14)10-7-12(8-10)6-9-4-2-1-3-5-9/h9-10H,1-8H2,(H2,11,13,14). The Labute approximate surface area is 91.9 Å². The van der Waals surface area contributed by atoms with Crippen LogP contribution in [0.1, 0.15) is 32.1 Å². The summed E-state index contributed by atoms with van der Waals surface area (Å²) in [6, 6.07) is 0. The summed E-state index contributed by atoms with van der Waals surface area (Å²) in [7, 11) is -3.28. The van der Waals surface area contributed by atoms with E-state index in [4.69, 9.17) is 5.14 Å². The summed E-state index contributed by atoms with van der Waals surface area (Å²) in [5.41, 5.74) is 0. The molecule has 0 amide bonds. The second-order valence-corrected chi connectivity index (χ2v) is 6.78. The topological polar surface area (TPSA) is 63.4 Å². The predicted molar refractivity (Wildman–Crippen MR) is 59.9 cm³/mol. The highest BCUT2D eigenvalue weighted by Crippen LogP contribution is 2.26. The molecule has 88 valence electrons. The Hall–Kier alpha value is -0.130. The lowest BCUT2D eigenvalue weighted by atomic mass is 9.88. The molecule has 0 bridgehead atoms. The van der Waals surface area contributed by atoms with Crippen molar-refractivity contribution in [3.8, 4) is 0 Å². The molecule has 2 aliphatic rings. The van der Waals surface area contributed by atoms with Gasteiger partial charge in [0.25, 0.3) is 0 Å². The number of primary sulfonamides is 1. The van der Waals surface area contributed by atoms with Crippen LogP contribution in [0.2, 0.25) is 0 Å². The minimum Gasteiger partial charge on any atom is -0.300 e. The molecule has 0 aromatic rings. The monoisotopic (exact) mass is 232 g/mol. The summed E-state index contributed by atoms with van der Waals surface area (Å²) in [4.78, 5) is 2.23. The molecule has 4 nitrogen and oxygen atoms in total. The van der Waals surface area contributed by atoms with Crippen LogP contribution < -0.4 is 5.14 Å². The maximum absolute atomic E-state index is 11.0. The molecule has 1 aliphatic carbocycles. The van der Waals surface area contributed by atoms with Gasteiger partial charge in [-0.15, -0.1) is 0 Å². The van der Waals surface area contributed by atoms with Gasteiger partial charge in [-0.1, -0.05) is 19.3 Å². The number of nitrogens with two attached hydrogens (primary N) is 1. The summed E-state index contributed by atoms with van der Waals surface area (Å²) in [6.45, 7) is 2.37. The van der Waals surface area contributed by atoms with Gasteiger partial charge in [-0.25, -0.2) is 13.6 Å². The number of hydrogen-bond acceptors (Lipinski definition) is 3. The van der Waals surface area contributed by atoms with Crippen molar-refractivity contribution in [2.24, 2.45) is 11.1 Å². The molecule has 0 spiro atoms. The van der Waals surface area contributed by atoms with Gasteiger partial charge in [-0.2, -0.15) is 0 Å². The first kappa shape index (κ1) is 11.4. The molecule has 0 unspecified atom stereocenters. The van der Waals surface area contributed by atoms with Gasteiger partial charge in [0, 0.05) is 19.6 Å². The second-order valence-electron chi connectivity index (χ2n) is 4.93. The molecule has 1 saturated heterocycles. The lowest BCUT2D eigenvalue weighted by Gasteiger charge is -2.40. The molecule has 1 heterocycles. The molecule has 1 saturated carbocycles. The molecule has 15 heavy (non-hydrogen) atoms. The highest BCUT2D eigenvalue weighted by Gasteiger charge is 2.35. The van der Waals surface area contributed by atoms with Gasteiger partial charge in [0.05, 0.1) is 0 Å². The maximum atomic E-state index is 11.0. The zero-order valence-electron chi connectivity index (χ0n) is 9.06. The fraction of sp³-hybridized carbons (Fsp3) is 1.00. The molecule has 0 atom stereocenters. The third-order valence-electron chi connectivity index (χ3n) is 3.63. The van der Waals surface area contributed by atoms with E-state index in [0.29, 0.717) is 13.1 Å². The van der Waals surface area contributed by atoms with Crippen molar-refractivity contribution in [1.29, 1.82) is 0 Å². The van der Waals surface area contributed by atoms with Crippen molar-refractivity contribution >= 4 is 10.0 Å². The molecule has 0 aromatic carbocycles. The zero-order chi connectivity index (χ0) is 10.9. The van der Waals surface area contributed by atoms with Gasteiger partial charge in [0.15, 0.2) is 0 Å². The molecule has 1 aliphatic heterocycles. The van der Waals surface area contributed by atoms with E-state index >= 15 is 0 Å². The first-order chi connectivity index (χ1) is 7.05. The van der Waals surface area contributed by atoms with E-state index in [0.717, 1.165) is 12.5 Å². The van der Waals surface area contributed by atoms with Gasteiger partial charge < -0.3 is 4.90 Å². The van der Waals surface area contributed by atoms with Gasteiger partial charge in [-0.3, -0.25) is 0 Å². The highest BCUT2D eigenvalue weighted by atomic mass is 32.2. The van der Waals surface area contributed by atoms with Crippen molar-refractivity contribution in [2.75, 3.05) is 19.6 Å². The second kappa shape index (κ2) is 4.39. The Morgan fingerprint density at radius 2 is 1.73 bits per heavy atom. The van der Waals surface area contributed by atoms with Crippen LogP contribution >= 0.6 is 0 Å². The summed E-state index contributed by atoms with van der Waals surface area (Å²) in [5, 5.41) is 4.78. The number of sulfonamides is 1. The molecule has 0 aromatic heterocycles. The van der Waals surface area contributed by atoms with Crippen molar-refractivity contribution < 1.29 is 8.42 Å². The van der Waals surface area contributed by atoms with E-state index < -0.39 is 10.0 Å². The van der Waals surface area contributed by atoms with E-state index in [1.807, 2.05) is 0 Å². The average Bonchev–Trinajstić information content (AvgIpc) is 2.10. The summed E-state index contributed by atoms with van der Waals surface area (Å²) >= 11 is 0. The largest absolute Gasteiger partial charge is 0.300 e. The average molecular weight is 232 g/mol. The quantitative estimate of drug-likeness (QED) is 0.772. The van der Waals surface area contributed by atoms with E-state index in [2.05, 4.69) is 4.90 Å². The fourth-order valence-corrected chi connectivity index (χ4v) is 3.45. The van der Waals surface area contributed by atoms with E-state index in [9.17, 15) is 8.42 Å². The van der Waals surface area contributed by atoms with Crippen molar-refractivity contribution in [3.05, 3.63) is 0 Å². The Balaban J connectivity index is 1.71. The maximum Gasteiger partial charge on any atom is 0.214 e. The Morgan fingerprint density at radius 1 is 1.13 bits per heavy atom. The van der Waals surface area contributed by atoms with Gasteiger partial charge in [-0.05, 0) is 18.8 Å². The van der Waals surface area contributed by atoms with Crippen molar-refractivity contribution in [1.82, 2.24) is 4.90 Å². The minimum atomic E-state index is -3.28. The third-order valence-corrected chi connectivity index (χ3v) is 4.86. The number of rotatable bonds is 3. The van der Waals surface area contributed by atoms with Crippen molar-refractivity contribution in [2.45, 2.75) is 37.4 Å². The first-order valence-electron chi connectivity index (χ1n) is 5.79. The predicted octanol–water partition coefficient (Wildman–Crippen LogP) is 0.539.